The third-order valence-corrected chi connectivity index (χ3v) is 7.45. The van der Waals surface area contributed by atoms with E-state index in [2.05, 4.69) is 16.0 Å². The molecule has 0 bridgehead atoms. The maximum absolute atomic E-state index is 13.1. The Bertz CT molecular complexity index is 1150. The fourth-order valence-corrected chi connectivity index (χ4v) is 5.32. The van der Waals surface area contributed by atoms with Crippen LogP contribution in [0, 0.1) is 5.92 Å². The molecule has 1 saturated carbocycles. The number of nitrogens with one attached hydrogen (secondary N) is 3. The number of ether oxygens (including phenoxy) is 3. The van der Waals surface area contributed by atoms with E-state index in [-0.39, 0.29) is 31.1 Å². The van der Waals surface area contributed by atoms with Crippen LogP contribution >= 0.6 is 0 Å². The summed E-state index contributed by atoms with van der Waals surface area (Å²) >= 11 is 0. The zero-order valence-corrected chi connectivity index (χ0v) is 21.7. The number of hydrogen-bond donors (Lipinski definition) is 4. The molecule has 9 nitrogen and oxygen atoms in total. The molecule has 204 valence electrons. The first-order valence-corrected chi connectivity index (χ1v) is 13.7. The first-order valence-electron chi connectivity index (χ1n) is 13.7. The van der Waals surface area contributed by atoms with Crippen molar-refractivity contribution < 1.29 is 28.9 Å². The summed E-state index contributed by atoms with van der Waals surface area (Å²) in [5.41, 5.74) is 3.27. The lowest BCUT2D eigenvalue weighted by atomic mass is 9.98. The number of carbonyl (C=O) groups is 2. The summed E-state index contributed by atoms with van der Waals surface area (Å²) in [5, 5.41) is 19.9. The number of aliphatic hydroxyl groups excluding tert-OH is 1. The van der Waals surface area contributed by atoms with Gasteiger partial charge in [0, 0.05) is 30.1 Å². The van der Waals surface area contributed by atoms with Crippen LogP contribution in [-0.2, 0) is 22.4 Å². The van der Waals surface area contributed by atoms with E-state index < -0.39 is 6.10 Å². The first kappa shape index (κ1) is 26.3. The van der Waals surface area contributed by atoms with Crippen molar-refractivity contribution in [2.24, 2.45) is 5.92 Å². The summed E-state index contributed by atoms with van der Waals surface area (Å²) in [7, 11) is 0. The van der Waals surface area contributed by atoms with Crippen molar-refractivity contribution >= 4 is 23.2 Å². The number of carbonyl (C=O) groups excluding carboxylic acids is 2. The maximum Gasteiger partial charge on any atom is 0.231 e. The average molecular weight is 524 g/mol. The molecule has 2 amide bonds. The van der Waals surface area contributed by atoms with Gasteiger partial charge in [0.1, 0.15) is 18.5 Å². The minimum atomic E-state index is -0.744. The van der Waals surface area contributed by atoms with Crippen molar-refractivity contribution in [3.05, 3.63) is 41.5 Å². The Balaban J connectivity index is 1.17. The van der Waals surface area contributed by atoms with E-state index in [1.54, 1.807) is 6.07 Å². The predicted octanol–water partition coefficient (Wildman–Crippen LogP) is 3.78. The molecule has 4 N–H and O–H groups in total. The van der Waals surface area contributed by atoms with Crippen LogP contribution in [0.25, 0.3) is 0 Å². The number of rotatable bonds is 10. The second kappa shape index (κ2) is 12.5. The van der Waals surface area contributed by atoms with Crippen molar-refractivity contribution in [3.63, 3.8) is 0 Å². The van der Waals surface area contributed by atoms with Gasteiger partial charge in [-0.2, -0.15) is 0 Å². The molecular formula is C29H37N3O6. The molecule has 1 fully saturated rings. The zero-order valence-electron chi connectivity index (χ0n) is 21.7. The van der Waals surface area contributed by atoms with Crippen molar-refractivity contribution in [2.75, 3.05) is 37.1 Å². The van der Waals surface area contributed by atoms with Gasteiger partial charge in [-0.05, 0) is 62.1 Å². The Hall–Kier alpha value is -3.30. The van der Waals surface area contributed by atoms with E-state index >= 15 is 0 Å². The Labute approximate surface area is 223 Å². The van der Waals surface area contributed by atoms with Gasteiger partial charge in [0.05, 0.1) is 5.69 Å². The van der Waals surface area contributed by atoms with Crippen molar-refractivity contribution in [2.45, 2.75) is 63.9 Å². The van der Waals surface area contributed by atoms with E-state index in [9.17, 15) is 14.7 Å². The van der Waals surface area contributed by atoms with Crippen LogP contribution in [-0.4, -0.2) is 49.5 Å². The minimum absolute atomic E-state index is 0.000589. The highest BCUT2D eigenvalue weighted by atomic mass is 16.7. The summed E-state index contributed by atoms with van der Waals surface area (Å²) in [5.74, 6) is 2.04. The van der Waals surface area contributed by atoms with Crippen LogP contribution in [0.1, 0.15) is 56.1 Å². The first-order chi connectivity index (χ1) is 18.6. The van der Waals surface area contributed by atoms with E-state index in [0.29, 0.717) is 43.1 Å². The fraction of sp³-hybridized carbons (Fsp3) is 0.517. The van der Waals surface area contributed by atoms with Crippen molar-refractivity contribution in [1.29, 1.82) is 0 Å². The summed E-state index contributed by atoms with van der Waals surface area (Å²) in [6.07, 6.45) is 7.23. The molecule has 3 aliphatic rings. The molecule has 0 radical (unpaired) electrons. The highest BCUT2D eigenvalue weighted by Crippen LogP contribution is 2.38. The standard InChI is InChI=1S/C29H37N3O6/c33-21(16-30-14-13-19-7-11-25-26(15-19)38-18-37-25)17-36-28-22-8-12-27(34)31-23(22)9-10-24(28)32-29(35)20-5-3-1-2-4-6-20/h7,9-11,15,20-21,30,33H,1-6,8,12-14,16-18H2,(H,31,34)(H,32,35). The zero-order chi connectivity index (χ0) is 26.3. The van der Waals surface area contributed by atoms with Gasteiger partial charge in [0.2, 0.25) is 18.6 Å². The SMILES string of the molecule is O=C1CCc2c(ccc(NC(=O)C3CCCCCC3)c2OCC(O)CNCCc2ccc3c(c2)OCO3)N1. The van der Waals surface area contributed by atoms with Crippen LogP contribution in [0.4, 0.5) is 11.4 Å². The number of fused-ring (bicyclic) bond motifs is 2. The Morgan fingerprint density at radius 2 is 1.89 bits per heavy atom. The van der Waals surface area contributed by atoms with Gasteiger partial charge in [-0.25, -0.2) is 0 Å². The topological polar surface area (TPSA) is 118 Å². The summed E-state index contributed by atoms with van der Waals surface area (Å²) in [4.78, 5) is 25.0. The van der Waals surface area contributed by atoms with Gasteiger partial charge in [0.15, 0.2) is 11.5 Å². The molecule has 38 heavy (non-hydrogen) atoms. The van der Waals surface area contributed by atoms with Gasteiger partial charge in [-0.15, -0.1) is 0 Å². The van der Waals surface area contributed by atoms with Crippen LogP contribution < -0.4 is 30.2 Å². The molecule has 1 unspecified atom stereocenters. The second-order valence-electron chi connectivity index (χ2n) is 10.3. The lowest BCUT2D eigenvalue weighted by molar-refractivity contribution is -0.120. The number of hydrogen-bond acceptors (Lipinski definition) is 7. The molecule has 2 aromatic rings. The molecular weight excluding hydrogens is 486 g/mol. The van der Waals surface area contributed by atoms with E-state index in [0.717, 1.165) is 54.7 Å². The molecule has 2 aliphatic heterocycles. The third-order valence-electron chi connectivity index (χ3n) is 7.45. The lowest BCUT2D eigenvalue weighted by Gasteiger charge is -2.24. The molecule has 1 aliphatic carbocycles. The molecule has 1 atom stereocenters. The molecule has 9 heteroatoms. The average Bonchev–Trinajstić information content (AvgIpc) is 3.21. The van der Waals surface area contributed by atoms with Crippen LogP contribution in [0.2, 0.25) is 0 Å². The molecule has 2 heterocycles. The Morgan fingerprint density at radius 1 is 1.08 bits per heavy atom. The van der Waals surface area contributed by atoms with E-state index in [1.165, 1.54) is 12.8 Å². The monoisotopic (exact) mass is 523 g/mol. The van der Waals surface area contributed by atoms with Gasteiger partial charge in [-0.1, -0.05) is 31.7 Å². The normalized spacial score (nSPS) is 17.8. The number of anilines is 2. The Morgan fingerprint density at radius 3 is 2.74 bits per heavy atom. The number of benzene rings is 2. The van der Waals surface area contributed by atoms with E-state index in [1.807, 2.05) is 24.3 Å². The van der Waals surface area contributed by atoms with Gasteiger partial charge < -0.3 is 35.3 Å². The number of aliphatic hydroxyl groups is 1. The summed E-state index contributed by atoms with van der Waals surface area (Å²) in [6, 6.07) is 9.50. The van der Waals surface area contributed by atoms with Gasteiger partial charge in [0.25, 0.3) is 0 Å². The smallest absolute Gasteiger partial charge is 0.231 e. The van der Waals surface area contributed by atoms with Gasteiger partial charge in [-0.3, -0.25) is 9.59 Å². The lowest BCUT2D eigenvalue weighted by Crippen LogP contribution is -2.33. The van der Waals surface area contributed by atoms with Crippen molar-refractivity contribution in [1.82, 2.24) is 5.32 Å². The highest BCUT2D eigenvalue weighted by Gasteiger charge is 2.25. The molecule has 0 aromatic heterocycles. The quantitative estimate of drug-likeness (QED) is 0.277. The molecule has 5 rings (SSSR count). The second-order valence-corrected chi connectivity index (χ2v) is 10.3. The highest BCUT2D eigenvalue weighted by molar-refractivity contribution is 5.98. The molecule has 0 spiro atoms. The van der Waals surface area contributed by atoms with Gasteiger partial charge >= 0.3 is 0 Å². The fourth-order valence-electron chi connectivity index (χ4n) is 5.32. The largest absolute Gasteiger partial charge is 0.488 e. The number of amides is 2. The van der Waals surface area contributed by atoms with Crippen LogP contribution in [0.15, 0.2) is 30.3 Å². The van der Waals surface area contributed by atoms with Crippen LogP contribution in [0.5, 0.6) is 17.2 Å². The van der Waals surface area contributed by atoms with Crippen molar-refractivity contribution in [3.8, 4) is 17.2 Å². The van der Waals surface area contributed by atoms with Crippen LogP contribution in [0.3, 0.4) is 0 Å². The third kappa shape index (κ3) is 6.57. The maximum atomic E-state index is 13.1. The molecule has 2 aromatic carbocycles. The summed E-state index contributed by atoms with van der Waals surface area (Å²) < 4.78 is 16.9. The predicted molar refractivity (Wildman–Crippen MR) is 144 cm³/mol. The van der Waals surface area contributed by atoms with E-state index in [4.69, 9.17) is 14.2 Å². The molecule has 0 saturated heterocycles. The Kier molecular flexibility index (Phi) is 8.65. The summed E-state index contributed by atoms with van der Waals surface area (Å²) in [6.45, 7) is 1.37. The minimum Gasteiger partial charge on any atom is -0.488 e.